The van der Waals surface area contributed by atoms with Crippen molar-refractivity contribution in [2.45, 2.75) is 50.5 Å². The van der Waals surface area contributed by atoms with Crippen molar-refractivity contribution < 1.29 is 29.5 Å². The predicted octanol–water partition coefficient (Wildman–Crippen LogP) is -0.743. The molecule has 5 atom stereocenters. The van der Waals surface area contributed by atoms with E-state index >= 15 is 0 Å². The molecule has 0 saturated carbocycles. The van der Waals surface area contributed by atoms with Gasteiger partial charge in [-0.25, -0.2) is 0 Å². The summed E-state index contributed by atoms with van der Waals surface area (Å²) in [6, 6.07) is 0. The summed E-state index contributed by atoms with van der Waals surface area (Å²) in [7, 11) is 1.37. The molecular weight excluding hydrogens is 228 g/mol. The van der Waals surface area contributed by atoms with Crippen LogP contribution in [0.2, 0.25) is 0 Å². The summed E-state index contributed by atoms with van der Waals surface area (Å²) in [5.74, 6) is 0. The second-order valence-corrected chi connectivity index (χ2v) is 4.18. The maximum absolute atomic E-state index is 9.71. The highest BCUT2D eigenvalue weighted by Gasteiger charge is 2.43. The first-order valence-corrected chi connectivity index (χ1v) is 5.92. The molecule has 1 heterocycles. The van der Waals surface area contributed by atoms with Gasteiger partial charge in [0, 0.05) is 13.7 Å². The van der Waals surface area contributed by atoms with Crippen molar-refractivity contribution in [2.75, 3.05) is 20.3 Å². The van der Waals surface area contributed by atoms with Crippen LogP contribution in [-0.4, -0.2) is 66.3 Å². The molecule has 0 aromatic carbocycles. The lowest BCUT2D eigenvalue weighted by molar-refractivity contribution is -0.296. The third kappa shape index (κ3) is 3.87. The normalized spacial score (nSPS) is 38.3. The summed E-state index contributed by atoms with van der Waals surface area (Å²) in [6.45, 7) is 2.81. The number of hydrogen-bond donors (Lipinski definition) is 3. The zero-order valence-corrected chi connectivity index (χ0v) is 10.3. The second kappa shape index (κ2) is 7.25. The van der Waals surface area contributed by atoms with E-state index in [0.717, 1.165) is 12.8 Å². The van der Waals surface area contributed by atoms with Gasteiger partial charge in [0.15, 0.2) is 6.29 Å². The summed E-state index contributed by atoms with van der Waals surface area (Å²) < 4.78 is 15.5. The van der Waals surface area contributed by atoms with Crippen molar-refractivity contribution in [2.24, 2.45) is 0 Å². The molecule has 0 aromatic heterocycles. The van der Waals surface area contributed by atoms with Crippen molar-refractivity contribution in [1.82, 2.24) is 0 Å². The van der Waals surface area contributed by atoms with E-state index in [-0.39, 0.29) is 6.61 Å². The Bertz CT molecular complexity index is 210. The molecule has 0 aliphatic carbocycles. The van der Waals surface area contributed by atoms with Gasteiger partial charge < -0.3 is 29.5 Å². The number of aliphatic hydroxyl groups excluding tert-OH is 3. The van der Waals surface area contributed by atoms with Gasteiger partial charge in [0.25, 0.3) is 0 Å². The highest BCUT2D eigenvalue weighted by atomic mass is 16.7. The Hall–Kier alpha value is -0.240. The predicted molar refractivity (Wildman–Crippen MR) is 59.4 cm³/mol. The molecule has 6 heteroatoms. The Labute approximate surface area is 101 Å². The Kier molecular flexibility index (Phi) is 6.32. The number of hydrogen-bond acceptors (Lipinski definition) is 6. The number of methoxy groups -OCH3 is 1. The van der Waals surface area contributed by atoms with Gasteiger partial charge in [0.05, 0.1) is 6.61 Å². The SMILES string of the molecule is CCCCOC[C@H]1O[C@H](OC)[C@@H](O)[C@@H](O)[C@@H]1O. The summed E-state index contributed by atoms with van der Waals surface area (Å²) in [5, 5.41) is 28.8. The number of unbranched alkanes of at least 4 members (excludes halogenated alkanes) is 1. The van der Waals surface area contributed by atoms with Crippen LogP contribution < -0.4 is 0 Å². The van der Waals surface area contributed by atoms with Gasteiger partial charge in [-0.05, 0) is 6.42 Å². The minimum Gasteiger partial charge on any atom is -0.387 e. The summed E-state index contributed by atoms with van der Waals surface area (Å²) in [5.41, 5.74) is 0. The van der Waals surface area contributed by atoms with Gasteiger partial charge >= 0.3 is 0 Å². The van der Waals surface area contributed by atoms with Gasteiger partial charge in [-0.1, -0.05) is 13.3 Å². The molecule has 1 rings (SSSR count). The molecule has 1 aliphatic heterocycles. The molecule has 0 spiro atoms. The quantitative estimate of drug-likeness (QED) is 0.538. The number of aliphatic hydroxyl groups is 3. The fourth-order valence-electron chi connectivity index (χ4n) is 1.69. The maximum atomic E-state index is 9.71. The summed E-state index contributed by atoms with van der Waals surface area (Å²) in [6.07, 6.45) is -3.37. The van der Waals surface area contributed by atoms with Crippen molar-refractivity contribution >= 4 is 0 Å². The second-order valence-electron chi connectivity index (χ2n) is 4.18. The lowest BCUT2D eigenvalue weighted by atomic mass is 9.99. The highest BCUT2D eigenvalue weighted by molar-refractivity contribution is 4.88. The molecular formula is C11H22O6. The van der Waals surface area contributed by atoms with Crippen LogP contribution in [-0.2, 0) is 14.2 Å². The van der Waals surface area contributed by atoms with Gasteiger partial charge in [-0.2, -0.15) is 0 Å². The average Bonchev–Trinajstić information content (AvgIpc) is 2.34. The lowest BCUT2D eigenvalue weighted by Gasteiger charge is -2.39. The van der Waals surface area contributed by atoms with Gasteiger partial charge in [-0.15, -0.1) is 0 Å². The van der Waals surface area contributed by atoms with E-state index in [9.17, 15) is 15.3 Å². The van der Waals surface area contributed by atoms with E-state index in [1.807, 2.05) is 0 Å². The van der Waals surface area contributed by atoms with Crippen molar-refractivity contribution in [1.29, 1.82) is 0 Å². The maximum Gasteiger partial charge on any atom is 0.186 e. The van der Waals surface area contributed by atoms with Crippen molar-refractivity contribution in [3.63, 3.8) is 0 Å². The largest absolute Gasteiger partial charge is 0.387 e. The summed E-state index contributed by atoms with van der Waals surface area (Å²) in [4.78, 5) is 0. The van der Waals surface area contributed by atoms with Crippen molar-refractivity contribution in [3.8, 4) is 0 Å². The smallest absolute Gasteiger partial charge is 0.186 e. The van der Waals surface area contributed by atoms with E-state index in [1.54, 1.807) is 0 Å². The van der Waals surface area contributed by atoms with Crippen LogP contribution in [0.5, 0.6) is 0 Å². The third-order valence-electron chi connectivity index (χ3n) is 2.83. The van der Waals surface area contributed by atoms with E-state index < -0.39 is 30.7 Å². The molecule has 0 unspecified atom stereocenters. The topological polar surface area (TPSA) is 88.4 Å². The molecule has 1 fully saturated rings. The molecule has 0 bridgehead atoms. The lowest BCUT2D eigenvalue weighted by Crippen LogP contribution is -2.59. The van der Waals surface area contributed by atoms with Gasteiger partial charge in [-0.3, -0.25) is 0 Å². The minimum atomic E-state index is -1.28. The Morgan fingerprint density at radius 1 is 1.12 bits per heavy atom. The zero-order chi connectivity index (χ0) is 12.8. The van der Waals surface area contributed by atoms with Crippen LogP contribution in [0, 0.1) is 0 Å². The molecule has 102 valence electrons. The van der Waals surface area contributed by atoms with E-state index in [0.29, 0.717) is 6.61 Å². The molecule has 1 aliphatic rings. The van der Waals surface area contributed by atoms with Gasteiger partial charge in [0.2, 0.25) is 0 Å². The van der Waals surface area contributed by atoms with E-state index in [1.165, 1.54) is 7.11 Å². The van der Waals surface area contributed by atoms with Crippen LogP contribution in [0.25, 0.3) is 0 Å². The fourth-order valence-corrected chi connectivity index (χ4v) is 1.69. The minimum absolute atomic E-state index is 0.171. The fraction of sp³-hybridized carbons (Fsp3) is 1.00. The number of ether oxygens (including phenoxy) is 3. The molecule has 1 saturated heterocycles. The molecule has 0 aromatic rings. The molecule has 6 nitrogen and oxygen atoms in total. The van der Waals surface area contributed by atoms with Crippen molar-refractivity contribution in [3.05, 3.63) is 0 Å². The Morgan fingerprint density at radius 2 is 1.82 bits per heavy atom. The number of rotatable bonds is 6. The monoisotopic (exact) mass is 250 g/mol. The van der Waals surface area contributed by atoms with E-state index in [2.05, 4.69) is 6.92 Å². The first-order chi connectivity index (χ1) is 8.11. The molecule has 17 heavy (non-hydrogen) atoms. The standard InChI is InChI=1S/C11H22O6/c1-3-4-5-16-6-7-8(12)9(13)10(14)11(15-2)17-7/h7-14H,3-6H2,1-2H3/t7-,8-,9+,10+,11+/m1/s1. The molecule has 0 amide bonds. The van der Waals surface area contributed by atoms with Crippen LogP contribution in [0.15, 0.2) is 0 Å². The van der Waals surface area contributed by atoms with Crippen LogP contribution in [0.1, 0.15) is 19.8 Å². The summed E-state index contributed by atoms with van der Waals surface area (Å²) >= 11 is 0. The zero-order valence-electron chi connectivity index (χ0n) is 10.3. The van der Waals surface area contributed by atoms with Crippen LogP contribution >= 0.6 is 0 Å². The van der Waals surface area contributed by atoms with E-state index in [4.69, 9.17) is 14.2 Å². The van der Waals surface area contributed by atoms with Gasteiger partial charge in [0.1, 0.15) is 24.4 Å². The van der Waals surface area contributed by atoms with Crippen LogP contribution in [0.4, 0.5) is 0 Å². The third-order valence-corrected chi connectivity index (χ3v) is 2.83. The molecule has 0 radical (unpaired) electrons. The average molecular weight is 250 g/mol. The first kappa shape index (κ1) is 14.8. The Morgan fingerprint density at radius 3 is 2.41 bits per heavy atom. The molecule has 3 N–H and O–H groups in total. The Balaban J connectivity index is 2.42. The van der Waals surface area contributed by atoms with Crippen LogP contribution in [0.3, 0.4) is 0 Å². The highest BCUT2D eigenvalue weighted by Crippen LogP contribution is 2.21. The first-order valence-electron chi connectivity index (χ1n) is 5.92.